The van der Waals surface area contributed by atoms with Crippen molar-refractivity contribution in [2.75, 3.05) is 13.2 Å². The molecule has 1 atom stereocenters. The number of hydrogen-bond acceptors (Lipinski definition) is 6. The van der Waals surface area contributed by atoms with E-state index in [9.17, 15) is 14.4 Å². The Morgan fingerprint density at radius 2 is 0.549 bits per heavy atom. The summed E-state index contributed by atoms with van der Waals surface area (Å²) >= 11 is 0. The second-order valence-corrected chi connectivity index (χ2v) is 20.2. The summed E-state index contributed by atoms with van der Waals surface area (Å²) < 4.78 is 16.9. The Balaban J connectivity index is 4.25. The molecule has 0 aliphatic carbocycles. The molecule has 0 bridgehead atoms. The van der Waals surface area contributed by atoms with Crippen molar-refractivity contribution in [2.45, 2.75) is 309 Å². The second-order valence-electron chi connectivity index (χ2n) is 20.2. The summed E-state index contributed by atoms with van der Waals surface area (Å²) in [5.74, 6) is -0.876. The summed E-state index contributed by atoms with van der Waals surface area (Å²) in [6.07, 6.45) is 76.2. The summed E-state index contributed by atoms with van der Waals surface area (Å²) in [7, 11) is 0. The van der Waals surface area contributed by atoms with Crippen molar-refractivity contribution in [1.82, 2.24) is 0 Å². The van der Waals surface area contributed by atoms with Gasteiger partial charge in [-0.3, -0.25) is 14.4 Å². The molecule has 0 heterocycles. The average molecular weight is 992 g/mol. The Hall–Kier alpha value is -3.15. The third kappa shape index (κ3) is 57.6. The third-order valence-electron chi connectivity index (χ3n) is 13.2. The van der Waals surface area contributed by atoms with E-state index in [-0.39, 0.29) is 31.1 Å². The number of rotatable bonds is 55. The molecule has 1 unspecified atom stereocenters. The van der Waals surface area contributed by atoms with Crippen molar-refractivity contribution in [3.05, 3.63) is 72.9 Å². The van der Waals surface area contributed by atoms with Crippen LogP contribution in [0.2, 0.25) is 0 Å². The molecule has 0 aromatic heterocycles. The first kappa shape index (κ1) is 67.8. The molecule has 0 N–H and O–H groups in total. The van der Waals surface area contributed by atoms with Crippen molar-refractivity contribution in [1.29, 1.82) is 0 Å². The molecule has 0 aliphatic heterocycles. The zero-order valence-electron chi connectivity index (χ0n) is 47.0. The minimum atomic E-state index is -0.778. The van der Waals surface area contributed by atoms with Gasteiger partial charge in [-0.15, -0.1) is 0 Å². The quantitative estimate of drug-likeness (QED) is 0.0261. The Labute approximate surface area is 440 Å². The summed E-state index contributed by atoms with van der Waals surface area (Å²) in [4.78, 5) is 38.2. The molecule has 0 rings (SSSR count). The molecular formula is C65H114O6. The SMILES string of the molecule is CC/C=C\C/C=C\C/C=C\C/C=C\CCCCCCCCCCCCCCC(=O)OCC(COC(=O)CCCCCCCCCCCC)OC(=O)CCCCCCCCC/C=C\C/C=C\CCCCCC. The molecule has 6 heteroatoms. The van der Waals surface area contributed by atoms with Crippen LogP contribution in [0.15, 0.2) is 72.9 Å². The van der Waals surface area contributed by atoms with Crippen molar-refractivity contribution in [3.63, 3.8) is 0 Å². The van der Waals surface area contributed by atoms with Crippen LogP contribution in [0.3, 0.4) is 0 Å². The number of carbonyl (C=O) groups is 3. The lowest BCUT2D eigenvalue weighted by molar-refractivity contribution is -0.167. The lowest BCUT2D eigenvalue weighted by Gasteiger charge is -2.18. The first-order valence-corrected chi connectivity index (χ1v) is 30.4. The van der Waals surface area contributed by atoms with E-state index in [1.54, 1.807) is 0 Å². The second kappa shape index (κ2) is 59.4. The van der Waals surface area contributed by atoms with E-state index in [0.29, 0.717) is 19.3 Å². The minimum Gasteiger partial charge on any atom is -0.462 e. The van der Waals surface area contributed by atoms with Gasteiger partial charge in [0.05, 0.1) is 0 Å². The van der Waals surface area contributed by atoms with Crippen molar-refractivity contribution >= 4 is 17.9 Å². The van der Waals surface area contributed by atoms with Crippen molar-refractivity contribution in [3.8, 4) is 0 Å². The van der Waals surface area contributed by atoms with E-state index in [1.165, 1.54) is 167 Å². The molecule has 71 heavy (non-hydrogen) atoms. The number of esters is 3. The van der Waals surface area contributed by atoms with Crippen LogP contribution in [0.5, 0.6) is 0 Å². The van der Waals surface area contributed by atoms with Gasteiger partial charge in [-0.05, 0) is 89.9 Å². The van der Waals surface area contributed by atoms with E-state index in [4.69, 9.17) is 14.2 Å². The fraction of sp³-hybridized carbons (Fsp3) is 0.769. The monoisotopic (exact) mass is 991 g/mol. The number of allylic oxidation sites excluding steroid dienone is 12. The van der Waals surface area contributed by atoms with Crippen LogP contribution < -0.4 is 0 Å². The fourth-order valence-corrected chi connectivity index (χ4v) is 8.64. The van der Waals surface area contributed by atoms with Crippen LogP contribution in [0, 0.1) is 0 Å². The largest absolute Gasteiger partial charge is 0.462 e. The molecule has 410 valence electrons. The summed E-state index contributed by atoms with van der Waals surface area (Å²) in [6, 6.07) is 0. The zero-order valence-corrected chi connectivity index (χ0v) is 47.0. The standard InChI is InChI=1S/C65H114O6/c1-4-7-10-13-16-19-22-24-26-28-30-31-32-33-34-35-36-38-39-41-43-46-49-52-55-58-64(67)70-61-62(60-69-63(66)57-54-51-48-45-21-18-15-12-9-6-3)71-65(68)59-56-53-50-47-44-42-40-37-29-27-25-23-20-17-14-11-8-5-2/h7,10,16,19-20,23-24,26-27,29-31,62H,4-6,8-9,11-15,17-18,21-22,25,28,32-61H2,1-3H3/b10-7-,19-16-,23-20-,26-24-,29-27-,31-30-. The lowest BCUT2D eigenvalue weighted by atomic mass is 10.0. The summed E-state index contributed by atoms with van der Waals surface area (Å²) in [6.45, 7) is 6.52. The molecular weight excluding hydrogens is 877 g/mol. The van der Waals surface area contributed by atoms with Gasteiger partial charge < -0.3 is 14.2 Å². The average Bonchev–Trinajstić information content (AvgIpc) is 3.37. The van der Waals surface area contributed by atoms with Gasteiger partial charge in [-0.25, -0.2) is 0 Å². The van der Waals surface area contributed by atoms with Crippen LogP contribution in [-0.2, 0) is 28.6 Å². The number of ether oxygens (including phenoxy) is 3. The number of carbonyl (C=O) groups excluding carboxylic acids is 3. The van der Waals surface area contributed by atoms with Crippen molar-refractivity contribution < 1.29 is 28.6 Å². The normalized spacial score (nSPS) is 12.5. The molecule has 0 saturated heterocycles. The van der Waals surface area contributed by atoms with Gasteiger partial charge in [-0.1, -0.05) is 267 Å². The van der Waals surface area contributed by atoms with Gasteiger partial charge in [0.2, 0.25) is 0 Å². The molecule has 0 fully saturated rings. The Bertz CT molecular complexity index is 1320. The smallest absolute Gasteiger partial charge is 0.306 e. The van der Waals surface area contributed by atoms with E-state index in [2.05, 4.69) is 93.7 Å². The van der Waals surface area contributed by atoms with Crippen LogP contribution in [0.4, 0.5) is 0 Å². The first-order valence-electron chi connectivity index (χ1n) is 30.4. The van der Waals surface area contributed by atoms with Crippen LogP contribution in [-0.4, -0.2) is 37.2 Å². The molecule has 0 aliphatic rings. The maximum Gasteiger partial charge on any atom is 0.306 e. The van der Waals surface area contributed by atoms with E-state index >= 15 is 0 Å². The predicted octanol–water partition coefficient (Wildman–Crippen LogP) is 20.5. The van der Waals surface area contributed by atoms with Gasteiger partial charge in [0.15, 0.2) is 6.10 Å². The van der Waals surface area contributed by atoms with Crippen molar-refractivity contribution in [2.24, 2.45) is 0 Å². The topological polar surface area (TPSA) is 78.9 Å². The van der Waals surface area contributed by atoms with Gasteiger partial charge in [0.25, 0.3) is 0 Å². The molecule has 0 radical (unpaired) electrons. The Morgan fingerprint density at radius 3 is 0.873 bits per heavy atom. The van der Waals surface area contributed by atoms with Crippen LogP contribution >= 0.6 is 0 Å². The molecule has 6 nitrogen and oxygen atoms in total. The number of unbranched alkanes of at least 4 members (excludes halogenated alkanes) is 32. The van der Waals surface area contributed by atoms with Crippen LogP contribution in [0.25, 0.3) is 0 Å². The summed E-state index contributed by atoms with van der Waals surface area (Å²) in [5.41, 5.74) is 0. The molecule has 0 aromatic rings. The highest BCUT2D eigenvalue weighted by atomic mass is 16.6. The summed E-state index contributed by atoms with van der Waals surface area (Å²) in [5, 5.41) is 0. The fourth-order valence-electron chi connectivity index (χ4n) is 8.64. The molecule has 0 spiro atoms. The highest BCUT2D eigenvalue weighted by Gasteiger charge is 2.19. The van der Waals surface area contributed by atoms with Gasteiger partial charge in [-0.2, -0.15) is 0 Å². The van der Waals surface area contributed by atoms with Gasteiger partial charge in [0.1, 0.15) is 13.2 Å². The number of hydrogen-bond donors (Lipinski definition) is 0. The minimum absolute atomic E-state index is 0.0761. The van der Waals surface area contributed by atoms with E-state index < -0.39 is 6.10 Å². The van der Waals surface area contributed by atoms with Crippen LogP contribution in [0.1, 0.15) is 303 Å². The van der Waals surface area contributed by atoms with Gasteiger partial charge >= 0.3 is 17.9 Å². The molecule has 0 saturated carbocycles. The predicted molar refractivity (Wildman–Crippen MR) is 307 cm³/mol. The molecule has 0 aromatic carbocycles. The highest BCUT2D eigenvalue weighted by Crippen LogP contribution is 2.16. The highest BCUT2D eigenvalue weighted by molar-refractivity contribution is 5.71. The lowest BCUT2D eigenvalue weighted by Crippen LogP contribution is -2.30. The van der Waals surface area contributed by atoms with E-state index in [1.807, 2.05) is 0 Å². The maximum atomic E-state index is 12.9. The Kier molecular flexibility index (Phi) is 56.8. The molecule has 0 amide bonds. The van der Waals surface area contributed by atoms with E-state index in [0.717, 1.165) is 96.3 Å². The van der Waals surface area contributed by atoms with Gasteiger partial charge in [0, 0.05) is 19.3 Å². The third-order valence-corrected chi connectivity index (χ3v) is 13.2. The first-order chi connectivity index (χ1) is 35.0. The zero-order chi connectivity index (χ0) is 51.4. The Morgan fingerprint density at radius 1 is 0.296 bits per heavy atom. The maximum absolute atomic E-state index is 12.9.